The highest BCUT2D eigenvalue weighted by molar-refractivity contribution is 5.99. The lowest BCUT2D eigenvalue weighted by Gasteiger charge is -2.38. The van der Waals surface area contributed by atoms with Crippen LogP contribution in [0.4, 0.5) is 15.8 Å². The van der Waals surface area contributed by atoms with Crippen molar-refractivity contribution in [3.8, 4) is 5.75 Å². The van der Waals surface area contributed by atoms with Gasteiger partial charge in [0.2, 0.25) is 0 Å². The summed E-state index contributed by atoms with van der Waals surface area (Å²) < 4.78 is 19.8. The van der Waals surface area contributed by atoms with Gasteiger partial charge in [-0.15, -0.1) is 0 Å². The standard InChI is InChI=1S/C24H27FN4O2/c1-16-24(30)27-20-8-3-9-21(23(20)31-16)29-13-11-28(12-14-29)10-4-5-17-15-26-22-18(17)6-2-7-19(22)25/h2-3,6-9,15-16,26H,4-5,10-14H2,1H3,(H,27,30)/t16-/m0/s1. The molecule has 162 valence electrons. The third kappa shape index (κ3) is 3.85. The van der Waals surface area contributed by atoms with Crippen molar-refractivity contribution < 1.29 is 13.9 Å². The molecule has 1 aromatic heterocycles. The predicted octanol–water partition coefficient (Wildman–Crippen LogP) is 3.78. The third-order valence-electron chi connectivity index (χ3n) is 6.30. The Morgan fingerprint density at radius 3 is 2.77 bits per heavy atom. The van der Waals surface area contributed by atoms with E-state index in [2.05, 4.69) is 26.2 Å². The van der Waals surface area contributed by atoms with Crippen LogP contribution in [0.3, 0.4) is 0 Å². The lowest BCUT2D eigenvalue weighted by Crippen LogP contribution is -2.47. The quantitative estimate of drug-likeness (QED) is 0.657. The molecule has 2 aliphatic rings. The molecule has 5 rings (SSSR count). The first-order valence-electron chi connectivity index (χ1n) is 10.9. The van der Waals surface area contributed by atoms with Crippen LogP contribution in [0.5, 0.6) is 5.75 Å². The molecule has 0 bridgehead atoms. The molecule has 3 heterocycles. The van der Waals surface area contributed by atoms with Crippen LogP contribution in [0.15, 0.2) is 42.6 Å². The molecule has 0 spiro atoms. The smallest absolute Gasteiger partial charge is 0.265 e. The number of nitrogens with one attached hydrogen (secondary N) is 2. The number of aryl methyl sites for hydroxylation is 1. The molecule has 1 amide bonds. The molecular weight excluding hydrogens is 395 g/mol. The molecular formula is C24H27FN4O2. The maximum Gasteiger partial charge on any atom is 0.265 e. The number of hydrogen-bond donors (Lipinski definition) is 2. The van der Waals surface area contributed by atoms with E-state index in [0.717, 1.165) is 68.1 Å². The molecule has 1 saturated heterocycles. The molecule has 0 radical (unpaired) electrons. The zero-order chi connectivity index (χ0) is 21.4. The highest BCUT2D eigenvalue weighted by Crippen LogP contribution is 2.39. The largest absolute Gasteiger partial charge is 0.477 e. The van der Waals surface area contributed by atoms with E-state index in [9.17, 15) is 9.18 Å². The van der Waals surface area contributed by atoms with E-state index in [-0.39, 0.29) is 11.7 Å². The number of piperazine rings is 1. The van der Waals surface area contributed by atoms with Gasteiger partial charge in [0, 0.05) is 37.8 Å². The Morgan fingerprint density at radius 1 is 1.13 bits per heavy atom. The number of hydrogen-bond acceptors (Lipinski definition) is 4. The fraction of sp³-hybridized carbons (Fsp3) is 0.375. The van der Waals surface area contributed by atoms with E-state index in [1.165, 1.54) is 11.6 Å². The number of amides is 1. The molecule has 0 unspecified atom stereocenters. The van der Waals surface area contributed by atoms with E-state index in [1.54, 1.807) is 13.0 Å². The van der Waals surface area contributed by atoms with Gasteiger partial charge in [0.25, 0.3) is 5.91 Å². The lowest BCUT2D eigenvalue weighted by molar-refractivity contribution is -0.122. The Bertz CT molecular complexity index is 1100. The van der Waals surface area contributed by atoms with Crippen LogP contribution < -0.4 is 15.0 Å². The van der Waals surface area contributed by atoms with Gasteiger partial charge in [0.15, 0.2) is 11.9 Å². The zero-order valence-electron chi connectivity index (χ0n) is 17.7. The number of aromatic amines is 1. The monoisotopic (exact) mass is 422 g/mol. The Hall–Kier alpha value is -3.06. The second-order valence-corrected chi connectivity index (χ2v) is 8.31. The molecule has 2 N–H and O–H groups in total. The summed E-state index contributed by atoms with van der Waals surface area (Å²) in [4.78, 5) is 19.8. The Morgan fingerprint density at radius 2 is 1.94 bits per heavy atom. The third-order valence-corrected chi connectivity index (χ3v) is 6.30. The van der Waals surface area contributed by atoms with E-state index in [4.69, 9.17) is 4.74 Å². The van der Waals surface area contributed by atoms with Gasteiger partial charge in [-0.25, -0.2) is 4.39 Å². The van der Waals surface area contributed by atoms with E-state index >= 15 is 0 Å². The number of carbonyl (C=O) groups excluding carboxylic acids is 1. The summed E-state index contributed by atoms with van der Waals surface area (Å²) in [7, 11) is 0. The van der Waals surface area contributed by atoms with Gasteiger partial charge in [-0.3, -0.25) is 9.69 Å². The number of benzene rings is 2. The van der Waals surface area contributed by atoms with Crippen molar-refractivity contribution in [3.05, 3.63) is 54.0 Å². The van der Waals surface area contributed by atoms with Crippen molar-refractivity contribution in [2.45, 2.75) is 25.9 Å². The van der Waals surface area contributed by atoms with Gasteiger partial charge in [-0.05, 0) is 50.1 Å². The van der Waals surface area contributed by atoms with Crippen LogP contribution >= 0.6 is 0 Å². The van der Waals surface area contributed by atoms with E-state index in [0.29, 0.717) is 5.52 Å². The van der Waals surface area contributed by atoms with Gasteiger partial charge < -0.3 is 19.9 Å². The molecule has 31 heavy (non-hydrogen) atoms. The molecule has 7 heteroatoms. The predicted molar refractivity (Wildman–Crippen MR) is 120 cm³/mol. The van der Waals surface area contributed by atoms with Crippen molar-refractivity contribution in [2.75, 3.05) is 42.9 Å². The number of para-hydroxylation sites is 2. The SMILES string of the molecule is C[C@@H]1Oc2c(cccc2N2CCN(CCCc3c[nH]c4c(F)cccc34)CC2)NC1=O. The van der Waals surface area contributed by atoms with Gasteiger partial charge >= 0.3 is 0 Å². The summed E-state index contributed by atoms with van der Waals surface area (Å²) in [5.41, 5.74) is 3.57. The van der Waals surface area contributed by atoms with Crippen LogP contribution in [0.2, 0.25) is 0 Å². The average Bonchev–Trinajstić information content (AvgIpc) is 3.19. The minimum atomic E-state index is -0.479. The van der Waals surface area contributed by atoms with Gasteiger partial charge in [0.1, 0.15) is 5.82 Å². The molecule has 0 saturated carbocycles. The number of aromatic nitrogens is 1. The van der Waals surface area contributed by atoms with E-state index in [1.807, 2.05) is 24.4 Å². The highest BCUT2D eigenvalue weighted by Gasteiger charge is 2.28. The van der Waals surface area contributed by atoms with Crippen LogP contribution in [-0.4, -0.2) is 54.6 Å². The van der Waals surface area contributed by atoms with Crippen LogP contribution in [0, 0.1) is 5.82 Å². The van der Waals surface area contributed by atoms with Crippen LogP contribution in [0.1, 0.15) is 18.9 Å². The van der Waals surface area contributed by atoms with Crippen molar-refractivity contribution in [1.29, 1.82) is 0 Å². The highest BCUT2D eigenvalue weighted by atomic mass is 19.1. The number of nitrogens with zero attached hydrogens (tertiary/aromatic N) is 2. The Balaban J connectivity index is 1.17. The summed E-state index contributed by atoms with van der Waals surface area (Å²) in [5.74, 6) is 0.475. The number of fused-ring (bicyclic) bond motifs is 2. The molecule has 3 aromatic rings. The topological polar surface area (TPSA) is 60.6 Å². The van der Waals surface area contributed by atoms with Crippen molar-refractivity contribution in [2.24, 2.45) is 0 Å². The molecule has 1 atom stereocenters. The molecule has 2 aliphatic heterocycles. The number of rotatable bonds is 5. The fourth-order valence-electron chi connectivity index (χ4n) is 4.55. The molecule has 0 aliphatic carbocycles. The Kier molecular flexibility index (Phi) is 5.28. The number of carbonyl (C=O) groups is 1. The molecule has 2 aromatic carbocycles. The van der Waals surface area contributed by atoms with E-state index < -0.39 is 6.10 Å². The summed E-state index contributed by atoms with van der Waals surface area (Å²) in [6.45, 7) is 6.59. The fourth-order valence-corrected chi connectivity index (χ4v) is 4.55. The number of H-pyrrole nitrogens is 1. The van der Waals surface area contributed by atoms with Gasteiger partial charge in [-0.2, -0.15) is 0 Å². The second-order valence-electron chi connectivity index (χ2n) is 8.31. The number of ether oxygens (including phenoxy) is 1. The second kappa shape index (κ2) is 8.23. The van der Waals surface area contributed by atoms with Crippen molar-refractivity contribution in [1.82, 2.24) is 9.88 Å². The minimum Gasteiger partial charge on any atom is -0.477 e. The molecule has 1 fully saturated rings. The van der Waals surface area contributed by atoms with Gasteiger partial charge in [-0.1, -0.05) is 18.2 Å². The lowest BCUT2D eigenvalue weighted by atomic mass is 10.1. The van der Waals surface area contributed by atoms with Crippen LogP contribution in [-0.2, 0) is 11.2 Å². The zero-order valence-corrected chi connectivity index (χ0v) is 17.7. The maximum absolute atomic E-state index is 13.9. The summed E-state index contributed by atoms with van der Waals surface area (Å²) in [6.07, 6.45) is 3.43. The summed E-state index contributed by atoms with van der Waals surface area (Å²) >= 11 is 0. The first-order valence-corrected chi connectivity index (χ1v) is 10.9. The van der Waals surface area contributed by atoms with Gasteiger partial charge in [0.05, 0.1) is 16.9 Å². The Labute approximate surface area is 181 Å². The summed E-state index contributed by atoms with van der Waals surface area (Å²) in [6, 6.07) is 11.2. The van der Waals surface area contributed by atoms with Crippen molar-refractivity contribution in [3.63, 3.8) is 0 Å². The average molecular weight is 423 g/mol. The number of anilines is 2. The van der Waals surface area contributed by atoms with Crippen molar-refractivity contribution >= 4 is 28.2 Å². The first-order chi connectivity index (χ1) is 15.1. The number of halogens is 1. The van der Waals surface area contributed by atoms with Crippen LogP contribution in [0.25, 0.3) is 10.9 Å². The summed E-state index contributed by atoms with van der Waals surface area (Å²) in [5, 5.41) is 3.91. The molecule has 6 nitrogen and oxygen atoms in total. The normalized spacial score (nSPS) is 19.2. The first kappa shape index (κ1) is 19.9. The maximum atomic E-state index is 13.9. The minimum absolute atomic E-state index is 0.104.